The first-order valence-electron chi connectivity index (χ1n) is 9.87. The Morgan fingerprint density at radius 2 is 1.80 bits per heavy atom. The number of rotatable bonds is 8. The second-order valence-electron chi connectivity index (χ2n) is 9.07. The third kappa shape index (κ3) is 4.09. The van der Waals surface area contributed by atoms with E-state index in [1.54, 1.807) is 0 Å². The molecule has 9 heteroatoms. The molecule has 0 radical (unpaired) electrons. The molecule has 0 aliphatic heterocycles. The Bertz CT molecular complexity index is 906. The SMILES string of the molecule is CC1(C#N)CC(OCC(=O)NC23CC(NC(=O)COc4ccc(Cl)c(F)c4)(C2)C3)C1. The van der Waals surface area contributed by atoms with E-state index in [0.29, 0.717) is 32.1 Å². The van der Waals surface area contributed by atoms with Crippen molar-refractivity contribution in [1.82, 2.24) is 10.6 Å². The summed E-state index contributed by atoms with van der Waals surface area (Å²) >= 11 is 5.61. The Morgan fingerprint density at radius 1 is 1.20 bits per heavy atom. The highest BCUT2D eigenvalue weighted by Gasteiger charge is 2.69. The van der Waals surface area contributed by atoms with Crippen LogP contribution in [0.1, 0.15) is 39.0 Å². The molecule has 4 saturated carbocycles. The van der Waals surface area contributed by atoms with Crippen molar-refractivity contribution in [2.45, 2.75) is 56.2 Å². The Kier molecular flexibility index (Phi) is 5.15. The Balaban J connectivity index is 1.13. The van der Waals surface area contributed by atoms with Crippen LogP contribution in [-0.2, 0) is 14.3 Å². The lowest BCUT2D eigenvalue weighted by Gasteiger charge is -2.70. The van der Waals surface area contributed by atoms with Crippen LogP contribution in [0.15, 0.2) is 18.2 Å². The largest absolute Gasteiger partial charge is 0.484 e. The molecule has 0 unspecified atom stereocenters. The molecule has 4 aliphatic rings. The van der Waals surface area contributed by atoms with E-state index >= 15 is 0 Å². The summed E-state index contributed by atoms with van der Waals surface area (Å²) in [5, 5.41) is 14.9. The average molecular weight is 436 g/mol. The number of nitrogens with zero attached hydrogens (tertiary/aromatic N) is 1. The zero-order valence-electron chi connectivity index (χ0n) is 16.6. The highest BCUT2D eigenvalue weighted by Crippen LogP contribution is 2.60. The van der Waals surface area contributed by atoms with Gasteiger partial charge in [0.1, 0.15) is 18.2 Å². The molecule has 4 aliphatic carbocycles. The first-order chi connectivity index (χ1) is 14.1. The summed E-state index contributed by atoms with van der Waals surface area (Å²) in [6.07, 6.45) is 3.28. The minimum absolute atomic E-state index is 0.00765. The van der Waals surface area contributed by atoms with Gasteiger partial charge in [-0.1, -0.05) is 11.6 Å². The van der Waals surface area contributed by atoms with Gasteiger partial charge in [-0.2, -0.15) is 5.26 Å². The van der Waals surface area contributed by atoms with E-state index in [0.717, 1.165) is 6.07 Å². The molecule has 0 spiro atoms. The van der Waals surface area contributed by atoms with Gasteiger partial charge >= 0.3 is 0 Å². The van der Waals surface area contributed by atoms with Crippen molar-refractivity contribution in [2.24, 2.45) is 5.41 Å². The van der Waals surface area contributed by atoms with Gasteiger partial charge in [0, 0.05) is 17.1 Å². The predicted octanol–water partition coefficient (Wildman–Crippen LogP) is 2.47. The van der Waals surface area contributed by atoms with Gasteiger partial charge in [-0.05, 0) is 51.2 Å². The fraction of sp³-hybridized carbons (Fsp3) is 0.571. The molecule has 30 heavy (non-hydrogen) atoms. The molecule has 2 amide bonds. The van der Waals surface area contributed by atoms with Crippen LogP contribution in [0.3, 0.4) is 0 Å². The quantitative estimate of drug-likeness (QED) is 0.653. The zero-order chi connectivity index (χ0) is 21.6. The van der Waals surface area contributed by atoms with Gasteiger partial charge in [0.05, 0.1) is 22.6 Å². The van der Waals surface area contributed by atoms with Crippen LogP contribution in [0, 0.1) is 22.6 Å². The predicted molar refractivity (Wildman–Crippen MR) is 105 cm³/mol. The monoisotopic (exact) mass is 435 g/mol. The van der Waals surface area contributed by atoms with Crippen LogP contribution in [0.25, 0.3) is 0 Å². The summed E-state index contributed by atoms with van der Waals surface area (Å²) in [5.41, 5.74) is -0.901. The van der Waals surface area contributed by atoms with Gasteiger partial charge in [0.2, 0.25) is 5.91 Å². The number of benzene rings is 1. The lowest BCUT2D eigenvalue weighted by atomic mass is 9.44. The fourth-order valence-electron chi connectivity index (χ4n) is 4.78. The van der Waals surface area contributed by atoms with E-state index in [2.05, 4.69) is 16.7 Å². The maximum Gasteiger partial charge on any atom is 0.258 e. The average Bonchev–Trinajstić information content (AvgIpc) is 2.62. The molecule has 1 aromatic carbocycles. The third-order valence-corrected chi connectivity index (χ3v) is 6.48. The normalized spacial score (nSPS) is 33.2. The van der Waals surface area contributed by atoms with Crippen LogP contribution >= 0.6 is 11.6 Å². The van der Waals surface area contributed by atoms with Crippen LogP contribution in [-0.4, -0.2) is 42.2 Å². The van der Waals surface area contributed by atoms with Gasteiger partial charge in [-0.25, -0.2) is 4.39 Å². The smallest absolute Gasteiger partial charge is 0.258 e. The van der Waals surface area contributed by atoms with Crippen molar-refractivity contribution in [2.75, 3.05) is 13.2 Å². The fourth-order valence-corrected chi connectivity index (χ4v) is 4.90. The Morgan fingerprint density at radius 3 is 2.37 bits per heavy atom. The van der Waals surface area contributed by atoms with Gasteiger partial charge in [-0.3, -0.25) is 9.59 Å². The van der Waals surface area contributed by atoms with Crippen molar-refractivity contribution < 1.29 is 23.5 Å². The van der Waals surface area contributed by atoms with Crippen LogP contribution in [0.4, 0.5) is 4.39 Å². The second-order valence-corrected chi connectivity index (χ2v) is 9.47. The molecule has 0 saturated heterocycles. The van der Waals surface area contributed by atoms with Crippen molar-refractivity contribution in [3.05, 3.63) is 29.0 Å². The number of hydrogen-bond acceptors (Lipinski definition) is 5. The lowest BCUT2D eigenvalue weighted by molar-refractivity contribution is -0.155. The molecule has 0 atom stereocenters. The van der Waals surface area contributed by atoms with E-state index in [9.17, 15) is 14.0 Å². The van der Waals surface area contributed by atoms with Gasteiger partial charge in [0.15, 0.2) is 6.61 Å². The topological polar surface area (TPSA) is 100 Å². The van der Waals surface area contributed by atoms with E-state index < -0.39 is 5.82 Å². The summed E-state index contributed by atoms with van der Waals surface area (Å²) in [4.78, 5) is 24.3. The number of hydrogen-bond donors (Lipinski definition) is 2. The van der Waals surface area contributed by atoms with Crippen molar-refractivity contribution in [3.8, 4) is 11.8 Å². The highest BCUT2D eigenvalue weighted by molar-refractivity contribution is 6.30. The summed E-state index contributed by atoms with van der Waals surface area (Å²) in [5.74, 6) is -0.839. The maximum absolute atomic E-state index is 13.4. The van der Waals surface area contributed by atoms with Gasteiger partial charge < -0.3 is 20.1 Å². The first-order valence-corrected chi connectivity index (χ1v) is 10.2. The Labute approximate surface area is 178 Å². The number of carbonyl (C=O) groups excluding carboxylic acids is 2. The van der Waals surface area contributed by atoms with Crippen LogP contribution < -0.4 is 15.4 Å². The van der Waals surface area contributed by atoms with Crippen LogP contribution in [0.2, 0.25) is 5.02 Å². The van der Waals surface area contributed by atoms with Crippen LogP contribution in [0.5, 0.6) is 5.75 Å². The van der Waals surface area contributed by atoms with Crippen molar-refractivity contribution >= 4 is 23.4 Å². The number of nitriles is 1. The summed E-state index contributed by atoms with van der Waals surface area (Å²) in [6.45, 7) is 1.65. The van der Waals surface area contributed by atoms with E-state index in [1.165, 1.54) is 12.1 Å². The molecule has 160 valence electrons. The molecule has 2 N–H and O–H groups in total. The second kappa shape index (κ2) is 7.40. The molecular weight excluding hydrogens is 413 g/mol. The lowest BCUT2D eigenvalue weighted by Crippen LogP contribution is -2.84. The third-order valence-electron chi connectivity index (χ3n) is 6.18. The number of carbonyl (C=O) groups is 2. The number of nitrogens with one attached hydrogen (secondary N) is 2. The first kappa shape index (κ1) is 20.9. The maximum atomic E-state index is 13.4. The van der Waals surface area contributed by atoms with E-state index in [-0.39, 0.29) is 58.4 Å². The summed E-state index contributed by atoms with van der Waals surface area (Å²) in [6, 6.07) is 6.25. The molecule has 1 aromatic rings. The molecule has 0 aromatic heterocycles. The highest BCUT2D eigenvalue weighted by atomic mass is 35.5. The minimum atomic E-state index is -0.605. The molecule has 4 fully saturated rings. The molecule has 7 nitrogen and oxygen atoms in total. The molecular formula is C21H23ClFN3O4. The van der Waals surface area contributed by atoms with Crippen molar-refractivity contribution in [3.63, 3.8) is 0 Å². The Hall–Kier alpha value is -2.37. The standard InChI is InChI=1S/C21H23ClFN3O4/c1-19(12-24)5-14(6-19)30-8-18(28)26-21-9-20(10-21,11-21)25-17(27)7-29-13-2-3-15(22)16(23)4-13/h2-4,14H,5-11H2,1H3,(H,25,27)(H,26,28). The van der Waals surface area contributed by atoms with Gasteiger partial charge in [0.25, 0.3) is 5.91 Å². The minimum Gasteiger partial charge on any atom is -0.484 e. The number of amides is 2. The molecule has 0 heterocycles. The van der Waals surface area contributed by atoms with Crippen molar-refractivity contribution in [1.29, 1.82) is 5.26 Å². The van der Waals surface area contributed by atoms with Gasteiger partial charge in [-0.15, -0.1) is 0 Å². The van der Waals surface area contributed by atoms with E-state index in [1.807, 2.05) is 6.92 Å². The molecule has 2 bridgehead atoms. The van der Waals surface area contributed by atoms with E-state index in [4.69, 9.17) is 26.3 Å². The summed E-state index contributed by atoms with van der Waals surface area (Å²) in [7, 11) is 0. The molecule has 5 rings (SSSR count). The zero-order valence-corrected chi connectivity index (χ0v) is 17.4. The number of halogens is 2. The summed E-state index contributed by atoms with van der Waals surface area (Å²) < 4.78 is 24.3. The number of ether oxygens (including phenoxy) is 2.